The van der Waals surface area contributed by atoms with Crippen molar-refractivity contribution < 1.29 is 31.2 Å². The minimum atomic E-state index is -4.72. The molecule has 186 valence electrons. The Bertz CT molecular complexity index is 1640. The number of nitrogens with one attached hydrogen (secondary N) is 1. The molecule has 0 fully saturated rings. The number of nitrogens with two attached hydrogens (primary N) is 2. The zero-order valence-corrected chi connectivity index (χ0v) is 19.4. The largest absolute Gasteiger partial charge is 0.417 e. The van der Waals surface area contributed by atoms with Gasteiger partial charge in [-0.15, -0.1) is 0 Å². The zero-order chi connectivity index (χ0) is 26.4. The quantitative estimate of drug-likeness (QED) is 0.358. The molecule has 2 amide bonds. The number of primary amides is 2. The molecule has 4 rings (SSSR count). The Balaban J connectivity index is 1.97. The number of nitrogens with zero attached hydrogens (tertiary/aromatic N) is 1. The maximum Gasteiger partial charge on any atom is 0.417 e. The van der Waals surface area contributed by atoms with Crippen LogP contribution in [0.2, 0.25) is 0 Å². The summed E-state index contributed by atoms with van der Waals surface area (Å²) in [6, 6.07) is 14.7. The Morgan fingerprint density at radius 2 is 1.64 bits per heavy atom. The van der Waals surface area contributed by atoms with Crippen LogP contribution >= 0.6 is 0 Å². The Morgan fingerprint density at radius 1 is 0.917 bits per heavy atom. The van der Waals surface area contributed by atoms with Crippen LogP contribution in [-0.4, -0.2) is 31.1 Å². The van der Waals surface area contributed by atoms with Crippen LogP contribution in [0.25, 0.3) is 27.7 Å². The highest BCUT2D eigenvalue weighted by atomic mass is 32.2. The second-order valence-electron chi connectivity index (χ2n) is 8.05. The molecule has 5 N–H and O–H groups in total. The molecule has 0 atom stereocenters. The molecule has 0 saturated carbocycles. The molecule has 0 spiro atoms. The van der Waals surface area contributed by atoms with Gasteiger partial charge in [0.05, 0.1) is 23.0 Å². The van der Waals surface area contributed by atoms with Gasteiger partial charge in [-0.05, 0) is 59.7 Å². The number of fused-ring (bicyclic) bond motifs is 1. The van der Waals surface area contributed by atoms with Crippen LogP contribution < -0.4 is 16.2 Å². The number of alkyl halides is 3. The maximum atomic E-state index is 13.8. The van der Waals surface area contributed by atoms with E-state index in [9.17, 15) is 31.2 Å². The van der Waals surface area contributed by atoms with Gasteiger partial charge in [0.1, 0.15) is 5.69 Å². The second kappa shape index (κ2) is 8.72. The van der Waals surface area contributed by atoms with E-state index in [4.69, 9.17) is 11.5 Å². The Kier molecular flexibility index (Phi) is 6.00. The fourth-order valence-electron chi connectivity index (χ4n) is 3.93. The summed E-state index contributed by atoms with van der Waals surface area (Å²) >= 11 is 0. The minimum absolute atomic E-state index is 0.0283. The molecular formula is C24H19F3N4O4S. The molecule has 36 heavy (non-hydrogen) atoms. The lowest BCUT2D eigenvalue weighted by molar-refractivity contribution is -0.137. The predicted octanol–water partition coefficient (Wildman–Crippen LogP) is 3.89. The topological polar surface area (TPSA) is 137 Å². The number of carbonyl (C=O) groups excluding carboxylic acids is 2. The average Bonchev–Trinajstić information content (AvgIpc) is 3.16. The number of sulfonamides is 1. The normalized spacial score (nSPS) is 12.0. The molecule has 0 radical (unpaired) electrons. The molecule has 0 saturated heterocycles. The third-order valence-electron chi connectivity index (χ3n) is 5.39. The van der Waals surface area contributed by atoms with Crippen molar-refractivity contribution in [1.82, 2.24) is 4.57 Å². The molecule has 0 aliphatic carbocycles. The first-order chi connectivity index (χ1) is 16.7. The summed E-state index contributed by atoms with van der Waals surface area (Å²) in [5.41, 5.74) is 10.5. The third kappa shape index (κ3) is 4.89. The fourth-order valence-corrected chi connectivity index (χ4v) is 4.49. The number of anilines is 1. The van der Waals surface area contributed by atoms with Gasteiger partial charge < -0.3 is 16.0 Å². The molecule has 4 aromatic rings. The molecule has 12 heteroatoms. The van der Waals surface area contributed by atoms with E-state index in [1.54, 1.807) is 12.1 Å². The fraction of sp³-hybridized carbons (Fsp3) is 0.0833. The van der Waals surface area contributed by atoms with Crippen LogP contribution in [0.1, 0.15) is 26.4 Å². The van der Waals surface area contributed by atoms with Crippen molar-refractivity contribution in [2.75, 3.05) is 11.0 Å². The summed E-state index contributed by atoms with van der Waals surface area (Å²) in [7, 11) is -3.60. The van der Waals surface area contributed by atoms with Crippen molar-refractivity contribution in [3.8, 4) is 16.8 Å². The number of halogens is 3. The van der Waals surface area contributed by atoms with Gasteiger partial charge in [-0.1, -0.05) is 18.2 Å². The van der Waals surface area contributed by atoms with E-state index in [0.29, 0.717) is 10.9 Å². The number of aromatic nitrogens is 1. The second-order valence-corrected chi connectivity index (χ2v) is 9.80. The number of carbonyl (C=O) groups is 2. The Hall–Kier alpha value is -4.32. The smallest absolute Gasteiger partial charge is 0.366 e. The SMILES string of the molecule is CS(=O)(=O)Nc1ccc2cc(C(N)=O)n(-c3cccc(-c4cc(C(N)=O)ccc4C(F)(F)F)c3)c2c1. The lowest BCUT2D eigenvalue weighted by atomic mass is 9.96. The summed E-state index contributed by atoms with van der Waals surface area (Å²) in [5, 5.41) is 0.542. The summed E-state index contributed by atoms with van der Waals surface area (Å²) < 4.78 is 68.4. The zero-order valence-electron chi connectivity index (χ0n) is 18.6. The Labute approximate surface area is 203 Å². The van der Waals surface area contributed by atoms with E-state index >= 15 is 0 Å². The number of hydrogen-bond acceptors (Lipinski definition) is 4. The van der Waals surface area contributed by atoms with Gasteiger partial charge in [-0.2, -0.15) is 13.2 Å². The lowest BCUT2D eigenvalue weighted by Gasteiger charge is -2.16. The van der Waals surface area contributed by atoms with Crippen molar-refractivity contribution in [1.29, 1.82) is 0 Å². The van der Waals surface area contributed by atoms with Crippen LogP contribution in [0.3, 0.4) is 0 Å². The van der Waals surface area contributed by atoms with Gasteiger partial charge in [-0.25, -0.2) is 8.42 Å². The van der Waals surface area contributed by atoms with Crippen LogP contribution in [0.15, 0.2) is 66.7 Å². The standard InChI is InChI=1S/C24H19F3N4O4S/c1-36(34,35)30-16-7-5-14-11-21(23(29)33)31(20(14)12-16)17-4-2-3-13(9-17)18-10-15(22(28)32)6-8-19(18)24(25,26)27/h2-12,30H,1H3,(H2,28,32)(H2,29,33). The van der Waals surface area contributed by atoms with Crippen molar-refractivity contribution in [3.63, 3.8) is 0 Å². The van der Waals surface area contributed by atoms with Gasteiger partial charge in [0.25, 0.3) is 5.91 Å². The summed E-state index contributed by atoms with van der Waals surface area (Å²) in [5.74, 6) is -1.69. The monoisotopic (exact) mass is 516 g/mol. The Morgan fingerprint density at radius 3 is 2.25 bits per heavy atom. The molecule has 8 nitrogen and oxygen atoms in total. The number of benzene rings is 3. The highest BCUT2D eigenvalue weighted by molar-refractivity contribution is 7.92. The van der Waals surface area contributed by atoms with E-state index in [1.807, 2.05) is 0 Å². The van der Waals surface area contributed by atoms with Gasteiger partial charge in [0.2, 0.25) is 15.9 Å². The molecule has 1 heterocycles. The first-order valence-electron chi connectivity index (χ1n) is 10.3. The van der Waals surface area contributed by atoms with E-state index in [-0.39, 0.29) is 33.8 Å². The molecule has 3 aromatic carbocycles. The molecule has 1 aromatic heterocycles. The van der Waals surface area contributed by atoms with E-state index in [0.717, 1.165) is 24.5 Å². The molecule has 0 bridgehead atoms. The average molecular weight is 517 g/mol. The van der Waals surface area contributed by atoms with Gasteiger partial charge in [0.15, 0.2) is 0 Å². The highest BCUT2D eigenvalue weighted by Gasteiger charge is 2.34. The van der Waals surface area contributed by atoms with Gasteiger partial charge >= 0.3 is 6.18 Å². The highest BCUT2D eigenvalue weighted by Crippen LogP contribution is 2.38. The van der Waals surface area contributed by atoms with Crippen LogP contribution in [0.4, 0.5) is 18.9 Å². The van der Waals surface area contributed by atoms with Crippen LogP contribution in [0, 0.1) is 0 Å². The number of rotatable bonds is 6. The summed E-state index contributed by atoms with van der Waals surface area (Å²) in [6.45, 7) is 0. The minimum Gasteiger partial charge on any atom is -0.366 e. The van der Waals surface area contributed by atoms with Crippen molar-refractivity contribution in [2.45, 2.75) is 6.18 Å². The van der Waals surface area contributed by atoms with Crippen LogP contribution in [-0.2, 0) is 16.2 Å². The molecule has 0 aliphatic heterocycles. The summed E-state index contributed by atoms with van der Waals surface area (Å²) in [6.07, 6.45) is -3.74. The molecule has 0 aliphatic rings. The van der Waals surface area contributed by atoms with Crippen LogP contribution in [0.5, 0.6) is 0 Å². The summed E-state index contributed by atoms with van der Waals surface area (Å²) in [4.78, 5) is 23.9. The predicted molar refractivity (Wildman–Crippen MR) is 129 cm³/mol. The van der Waals surface area contributed by atoms with E-state index in [2.05, 4.69) is 4.72 Å². The number of hydrogen-bond donors (Lipinski definition) is 3. The lowest BCUT2D eigenvalue weighted by Crippen LogP contribution is -2.16. The van der Waals surface area contributed by atoms with E-state index in [1.165, 1.54) is 41.0 Å². The molecule has 0 unspecified atom stereocenters. The van der Waals surface area contributed by atoms with Gasteiger partial charge in [0, 0.05) is 16.6 Å². The first-order valence-corrected chi connectivity index (χ1v) is 12.2. The third-order valence-corrected chi connectivity index (χ3v) is 5.99. The van der Waals surface area contributed by atoms with E-state index < -0.39 is 33.6 Å². The first kappa shape index (κ1) is 24.8. The van der Waals surface area contributed by atoms with Crippen molar-refractivity contribution in [2.24, 2.45) is 11.5 Å². The van der Waals surface area contributed by atoms with Crippen molar-refractivity contribution >= 4 is 38.4 Å². The maximum absolute atomic E-state index is 13.8. The van der Waals surface area contributed by atoms with Gasteiger partial charge in [-0.3, -0.25) is 14.3 Å². The number of amides is 2. The van der Waals surface area contributed by atoms with Crippen molar-refractivity contribution in [3.05, 3.63) is 83.6 Å². The molecular weight excluding hydrogens is 497 g/mol.